The number of hydrogen-bond acceptors (Lipinski definition) is 4. The van der Waals surface area contributed by atoms with Gasteiger partial charge >= 0.3 is 0 Å². The highest BCUT2D eigenvalue weighted by Crippen LogP contribution is 2.47. The largest absolute Gasteiger partial charge is 0.508 e. The van der Waals surface area contributed by atoms with Crippen LogP contribution in [0.2, 0.25) is 0 Å². The number of fused-ring (bicyclic) bond motifs is 1. The summed E-state index contributed by atoms with van der Waals surface area (Å²) in [6, 6.07) is 24.4. The molecule has 4 nitrogen and oxygen atoms in total. The molecule has 2 aliphatic heterocycles. The summed E-state index contributed by atoms with van der Waals surface area (Å²) in [5, 5.41) is 10.2. The van der Waals surface area contributed by atoms with Crippen LogP contribution in [0.4, 0.5) is 0 Å². The van der Waals surface area contributed by atoms with Crippen LogP contribution in [0.5, 0.6) is 17.2 Å². The summed E-state index contributed by atoms with van der Waals surface area (Å²) < 4.78 is 12.1. The van der Waals surface area contributed by atoms with Gasteiger partial charge in [0.1, 0.15) is 23.9 Å². The maximum Gasteiger partial charge on any atom is 0.123 e. The van der Waals surface area contributed by atoms with Crippen LogP contribution in [-0.2, 0) is 0 Å². The molecule has 2 atom stereocenters. The van der Waals surface area contributed by atoms with Gasteiger partial charge in [-0.2, -0.15) is 0 Å². The van der Waals surface area contributed by atoms with E-state index in [2.05, 4.69) is 53.4 Å². The molecule has 0 unspecified atom stereocenters. The molecule has 3 aromatic carbocycles. The van der Waals surface area contributed by atoms with Crippen molar-refractivity contribution < 1.29 is 14.6 Å². The van der Waals surface area contributed by atoms with Crippen LogP contribution >= 0.6 is 0 Å². The van der Waals surface area contributed by atoms with Crippen molar-refractivity contribution >= 4 is 0 Å². The monoisotopic (exact) mass is 415 g/mol. The van der Waals surface area contributed by atoms with Crippen LogP contribution in [0.1, 0.15) is 41.4 Å². The number of aromatic hydroxyl groups is 1. The van der Waals surface area contributed by atoms with E-state index in [0.717, 1.165) is 30.2 Å². The van der Waals surface area contributed by atoms with E-state index in [9.17, 15) is 5.11 Å². The third kappa shape index (κ3) is 4.40. The van der Waals surface area contributed by atoms with Crippen molar-refractivity contribution in [3.05, 3.63) is 89.5 Å². The van der Waals surface area contributed by atoms with Gasteiger partial charge in [0.05, 0.1) is 6.61 Å². The van der Waals surface area contributed by atoms with Gasteiger partial charge in [-0.15, -0.1) is 0 Å². The Bertz CT molecular complexity index is 997. The predicted molar refractivity (Wildman–Crippen MR) is 122 cm³/mol. The van der Waals surface area contributed by atoms with Gasteiger partial charge in [-0.25, -0.2) is 0 Å². The summed E-state index contributed by atoms with van der Waals surface area (Å²) in [4.78, 5) is 2.46. The molecule has 160 valence electrons. The number of likely N-dealkylation sites (tertiary alicyclic amines) is 1. The van der Waals surface area contributed by atoms with Crippen molar-refractivity contribution in [1.29, 1.82) is 0 Å². The quantitative estimate of drug-likeness (QED) is 0.603. The van der Waals surface area contributed by atoms with Gasteiger partial charge in [-0.1, -0.05) is 42.5 Å². The Morgan fingerprint density at radius 3 is 2.45 bits per heavy atom. The van der Waals surface area contributed by atoms with Crippen molar-refractivity contribution in [1.82, 2.24) is 4.90 Å². The molecule has 2 aliphatic rings. The molecule has 5 rings (SSSR count). The summed E-state index contributed by atoms with van der Waals surface area (Å²) in [7, 11) is 0. The van der Waals surface area contributed by atoms with E-state index in [1.165, 1.54) is 37.1 Å². The van der Waals surface area contributed by atoms with Gasteiger partial charge in [0.25, 0.3) is 0 Å². The Labute approximate surface area is 184 Å². The summed E-state index contributed by atoms with van der Waals surface area (Å²) in [5.41, 5.74) is 3.48. The molecule has 3 aromatic rings. The minimum atomic E-state index is 0.108. The van der Waals surface area contributed by atoms with E-state index in [1.807, 2.05) is 18.2 Å². The van der Waals surface area contributed by atoms with Gasteiger partial charge < -0.3 is 14.6 Å². The van der Waals surface area contributed by atoms with E-state index in [-0.39, 0.29) is 17.6 Å². The van der Waals surface area contributed by atoms with Crippen molar-refractivity contribution in [2.75, 3.05) is 32.8 Å². The molecule has 1 saturated heterocycles. The summed E-state index contributed by atoms with van der Waals surface area (Å²) in [6.45, 7) is 4.71. The Morgan fingerprint density at radius 2 is 1.68 bits per heavy atom. The first-order chi connectivity index (χ1) is 15.3. The fourth-order valence-corrected chi connectivity index (χ4v) is 4.87. The smallest absolute Gasteiger partial charge is 0.123 e. The number of rotatable bonds is 6. The van der Waals surface area contributed by atoms with Crippen LogP contribution in [0.25, 0.3) is 0 Å². The molecule has 1 N–H and O–H groups in total. The molecular formula is C27H29NO3. The second kappa shape index (κ2) is 9.03. The van der Waals surface area contributed by atoms with Gasteiger partial charge in [-0.3, -0.25) is 4.90 Å². The van der Waals surface area contributed by atoms with Gasteiger partial charge in [0.2, 0.25) is 0 Å². The number of benzene rings is 3. The fraction of sp³-hybridized carbons (Fsp3) is 0.333. The van der Waals surface area contributed by atoms with Crippen molar-refractivity contribution in [2.45, 2.75) is 24.7 Å². The molecule has 2 heterocycles. The van der Waals surface area contributed by atoms with Gasteiger partial charge in [0, 0.05) is 23.9 Å². The first-order valence-electron chi connectivity index (χ1n) is 11.2. The number of phenolic OH excluding ortho intramolecular Hbond substituents is 1. The van der Waals surface area contributed by atoms with E-state index in [4.69, 9.17) is 9.47 Å². The summed E-state index contributed by atoms with van der Waals surface area (Å²) in [6.07, 6.45) is 2.61. The zero-order valence-electron chi connectivity index (χ0n) is 17.7. The molecule has 0 aromatic heterocycles. The average Bonchev–Trinajstić information content (AvgIpc) is 3.33. The van der Waals surface area contributed by atoms with Crippen molar-refractivity contribution in [2.24, 2.45) is 0 Å². The van der Waals surface area contributed by atoms with E-state index >= 15 is 0 Å². The van der Waals surface area contributed by atoms with Crippen LogP contribution in [0.15, 0.2) is 72.8 Å². The molecule has 0 amide bonds. The Hall–Kier alpha value is -2.98. The minimum absolute atomic E-state index is 0.108. The molecule has 0 aliphatic carbocycles. The highest BCUT2D eigenvalue weighted by atomic mass is 16.5. The van der Waals surface area contributed by atoms with Crippen molar-refractivity contribution in [3.8, 4) is 17.2 Å². The highest BCUT2D eigenvalue weighted by Gasteiger charge is 2.33. The molecule has 1 fully saturated rings. The van der Waals surface area contributed by atoms with E-state index in [0.29, 0.717) is 6.61 Å². The zero-order chi connectivity index (χ0) is 21.0. The maximum atomic E-state index is 10.2. The number of hydrogen-bond donors (Lipinski definition) is 1. The molecular weight excluding hydrogens is 386 g/mol. The number of nitrogens with zero attached hydrogens (tertiary/aromatic N) is 1. The minimum Gasteiger partial charge on any atom is -0.508 e. The van der Waals surface area contributed by atoms with E-state index in [1.54, 1.807) is 6.07 Å². The Morgan fingerprint density at radius 1 is 0.903 bits per heavy atom. The topological polar surface area (TPSA) is 41.9 Å². The maximum absolute atomic E-state index is 10.2. The van der Waals surface area contributed by atoms with Crippen LogP contribution in [0, 0.1) is 0 Å². The lowest BCUT2D eigenvalue weighted by atomic mass is 9.76. The summed E-state index contributed by atoms with van der Waals surface area (Å²) in [5.74, 6) is 2.31. The van der Waals surface area contributed by atoms with Crippen LogP contribution in [-0.4, -0.2) is 42.9 Å². The van der Waals surface area contributed by atoms with Crippen LogP contribution in [0.3, 0.4) is 0 Å². The summed E-state index contributed by atoms with van der Waals surface area (Å²) >= 11 is 0. The number of ether oxygens (including phenoxy) is 2. The third-order valence-corrected chi connectivity index (χ3v) is 6.49. The molecule has 0 bridgehead atoms. The SMILES string of the molecule is Oc1ccc2c(c1)[C@H](c1ccc(OCCN3CCCC3)cc1)[C@@H](c1ccccc1)CO2. The second-order valence-corrected chi connectivity index (χ2v) is 8.49. The zero-order valence-corrected chi connectivity index (χ0v) is 17.7. The lowest BCUT2D eigenvalue weighted by Crippen LogP contribution is -2.25. The van der Waals surface area contributed by atoms with E-state index < -0.39 is 0 Å². The predicted octanol–water partition coefficient (Wildman–Crippen LogP) is 5.17. The standard InChI is InChI=1S/C27H29NO3/c29-22-10-13-26-24(18-22)27(25(19-31-26)20-6-2-1-3-7-20)21-8-11-23(12-9-21)30-17-16-28-14-4-5-15-28/h1-3,6-13,18,25,27,29H,4-5,14-17,19H2/t25-,27+/m1/s1. The Kier molecular flexibility index (Phi) is 5.81. The first kappa shape index (κ1) is 20.0. The molecule has 0 radical (unpaired) electrons. The molecule has 0 saturated carbocycles. The lowest BCUT2D eigenvalue weighted by Gasteiger charge is -2.34. The number of phenols is 1. The fourth-order valence-electron chi connectivity index (χ4n) is 4.87. The highest BCUT2D eigenvalue weighted by molar-refractivity contribution is 5.51. The third-order valence-electron chi connectivity index (χ3n) is 6.49. The first-order valence-corrected chi connectivity index (χ1v) is 11.2. The van der Waals surface area contributed by atoms with Crippen LogP contribution < -0.4 is 9.47 Å². The molecule has 0 spiro atoms. The average molecular weight is 416 g/mol. The normalized spacial score (nSPS) is 20.8. The Balaban J connectivity index is 1.39. The van der Waals surface area contributed by atoms with Crippen molar-refractivity contribution in [3.63, 3.8) is 0 Å². The lowest BCUT2D eigenvalue weighted by molar-refractivity contribution is 0.237. The van der Waals surface area contributed by atoms with Gasteiger partial charge in [0.15, 0.2) is 0 Å². The molecule has 4 heteroatoms. The second-order valence-electron chi connectivity index (χ2n) is 8.49. The van der Waals surface area contributed by atoms with Gasteiger partial charge in [-0.05, 0) is 67.4 Å². The molecule has 31 heavy (non-hydrogen) atoms.